The van der Waals surface area contributed by atoms with Crippen molar-refractivity contribution in [3.05, 3.63) is 0 Å². The van der Waals surface area contributed by atoms with E-state index in [9.17, 15) is 19.5 Å². The number of likely N-dealkylation sites (tertiary alicyclic amines) is 1. The number of primary amides is 1. The smallest absolute Gasteiger partial charge is 0.411 e. The van der Waals surface area contributed by atoms with Crippen LogP contribution in [-0.4, -0.2) is 57.7 Å². The van der Waals surface area contributed by atoms with Crippen LogP contribution in [0.4, 0.5) is 4.79 Å². The van der Waals surface area contributed by atoms with Gasteiger partial charge in [-0.2, -0.15) is 0 Å². The summed E-state index contributed by atoms with van der Waals surface area (Å²) in [6.07, 6.45) is 0.685. The number of nitrogens with one attached hydrogen (secondary N) is 1. The zero-order valence-corrected chi connectivity index (χ0v) is 15.4. The molecule has 1 spiro atoms. The van der Waals surface area contributed by atoms with Gasteiger partial charge < -0.3 is 20.9 Å². The zero-order chi connectivity index (χ0) is 19.0. The molecule has 4 N–H and O–H groups in total. The Morgan fingerprint density at radius 1 is 1.48 bits per heavy atom. The number of aliphatic hydroxyl groups is 1. The molecule has 0 bridgehead atoms. The van der Waals surface area contributed by atoms with E-state index < -0.39 is 35.2 Å². The van der Waals surface area contributed by atoms with E-state index in [4.69, 9.17) is 10.5 Å². The first-order valence-corrected chi connectivity index (χ1v) is 8.76. The number of β-lactam (4-membered cyclic amide) rings is 1. The van der Waals surface area contributed by atoms with Crippen molar-refractivity contribution in [1.82, 2.24) is 10.2 Å². The van der Waals surface area contributed by atoms with Crippen molar-refractivity contribution in [2.24, 2.45) is 11.7 Å². The van der Waals surface area contributed by atoms with Gasteiger partial charge >= 0.3 is 6.09 Å². The molecule has 2 aliphatic rings. The summed E-state index contributed by atoms with van der Waals surface area (Å²) in [5.41, 5.74) is 3.83. The van der Waals surface area contributed by atoms with Crippen molar-refractivity contribution in [3.8, 4) is 0 Å². The molecule has 2 heterocycles. The van der Waals surface area contributed by atoms with Crippen LogP contribution in [0, 0.1) is 5.92 Å². The lowest BCUT2D eigenvalue weighted by molar-refractivity contribution is -0.142. The van der Waals surface area contributed by atoms with Crippen molar-refractivity contribution >= 4 is 17.9 Å². The van der Waals surface area contributed by atoms with Crippen molar-refractivity contribution in [2.75, 3.05) is 6.54 Å². The van der Waals surface area contributed by atoms with Crippen LogP contribution in [0.2, 0.25) is 0 Å². The van der Waals surface area contributed by atoms with Gasteiger partial charge in [0.15, 0.2) is 0 Å². The minimum absolute atomic E-state index is 0.164. The molecule has 4 atom stereocenters. The predicted molar refractivity (Wildman–Crippen MR) is 90.4 cm³/mol. The van der Waals surface area contributed by atoms with Gasteiger partial charge in [0.05, 0.1) is 18.6 Å². The molecule has 0 aromatic rings. The van der Waals surface area contributed by atoms with Gasteiger partial charge in [-0.05, 0) is 53.4 Å². The number of hydrogen-bond acceptors (Lipinski definition) is 5. The summed E-state index contributed by atoms with van der Waals surface area (Å²) in [4.78, 5) is 37.9. The number of ether oxygens (including phenoxy) is 1. The van der Waals surface area contributed by atoms with Crippen molar-refractivity contribution < 1.29 is 24.2 Å². The molecule has 8 heteroatoms. The molecule has 3 amide bonds. The molecule has 0 aromatic heterocycles. The van der Waals surface area contributed by atoms with Gasteiger partial charge in [0.2, 0.25) is 11.8 Å². The quantitative estimate of drug-likeness (QED) is 0.621. The number of nitrogens with zero attached hydrogens (tertiary/aromatic N) is 1. The van der Waals surface area contributed by atoms with Crippen molar-refractivity contribution in [2.45, 2.75) is 76.7 Å². The summed E-state index contributed by atoms with van der Waals surface area (Å²) in [7, 11) is 0. The summed E-state index contributed by atoms with van der Waals surface area (Å²) in [5, 5.41) is 12.4. The number of nitrogens with two attached hydrogens (primary N) is 1. The van der Waals surface area contributed by atoms with Crippen LogP contribution in [0.25, 0.3) is 0 Å². The minimum Gasteiger partial charge on any atom is -0.444 e. The number of rotatable bonds is 5. The highest BCUT2D eigenvalue weighted by Crippen LogP contribution is 2.41. The Hall–Kier alpha value is -1.83. The lowest BCUT2D eigenvalue weighted by Crippen LogP contribution is -2.72. The molecule has 0 aliphatic carbocycles. The van der Waals surface area contributed by atoms with E-state index in [0.717, 1.165) is 0 Å². The average molecular weight is 355 g/mol. The second-order valence-electron chi connectivity index (χ2n) is 8.08. The fourth-order valence-corrected chi connectivity index (χ4v) is 3.67. The molecular formula is C17H29N3O5. The Morgan fingerprint density at radius 3 is 2.52 bits per heavy atom. The molecule has 2 unspecified atom stereocenters. The van der Waals surface area contributed by atoms with Crippen molar-refractivity contribution in [3.63, 3.8) is 0 Å². The second-order valence-corrected chi connectivity index (χ2v) is 8.08. The maximum atomic E-state index is 12.7. The van der Waals surface area contributed by atoms with Crippen LogP contribution in [0.1, 0.15) is 53.4 Å². The summed E-state index contributed by atoms with van der Waals surface area (Å²) in [5.74, 6) is -1.40. The average Bonchev–Trinajstić information content (AvgIpc) is 2.85. The summed E-state index contributed by atoms with van der Waals surface area (Å²) in [6.45, 7) is 7.27. The summed E-state index contributed by atoms with van der Waals surface area (Å²) in [6, 6.07) is -0.221. The molecule has 2 fully saturated rings. The molecule has 142 valence electrons. The maximum Gasteiger partial charge on any atom is 0.411 e. The second kappa shape index (κ2) is 6.82. The number of carbonyl (C=O) groups is 3. The fourth-order valence-electron chi connectivity index (χ4n) is 3.67. The Balaban J connectivity index is 2.15. The van der Waals surface area contributed by atoms with E-state index in [1.165, 1.54) is 11.8 Å². The molecule has 25 heavy (non-hydrogen) atoms. The highest BCUT2D eigenvalue weighted by Gasteiger charge is 2.59. The SMILES string of the molecule is C[C@@H](O)[C@H](CCC1CCC2(CNC2=O)N1C(=O)OC(C)(C)C)C(N)=O. The van der Waals surface area contributed by atoms with Crippen molar-refractivity contribution in [1.29, 1.82) is 0 Å². The van der Waals surface area contributed by atoms with Crippen LogP contribution in [0.15, 0.2) is 0 Å². The van der Waals surface area contributed by atoms with Crippen LogP contribution in [0.3, 0.4) is 0 Å². The lowest BCUT2D eigenvalue weighted by atomic mass is 9.88. The van der Waals surface area contributed by atoms with Crippen LogP contribution in [-0.2, 0) is 14.3 Å². The maximum absolute atomic E-state index is 12.7. The zero-order valence-electron chi connectivity index (χ0n) is 15.4. The highest BCUT2D eigenvalue weighted by atomic mass is 16.6. The first-order valence-electron chi connectivity index (χ1n) is 8.76. The molecule has 0 aromatic carbocycles. The first kappa shape index (κ1) is 19.5. The molecule has 2 aliphatic heterocycles. The number of amides is 3. The Morgan fingerprint density at radius 2 is 2.12 bits per heavy atom. The van der Waals surface area contributed by atoms with Gasteiger partial charge in [0.1, 0.15) is 11.1 Å². The third kappa shape index (κ3) is 3.89. The summed E-state index contributed by atoms with van der Waals surface area (Å²) >= 11 is 0. The first-order chi connectivity index (χ1) is 11.5. The van der Waals surface area contributed by atoms with Gasteiger partial charge in [-0.15, -0.1) is 0 Å². The number of hydrogen-bond donors (Lipinski definition) is 3. The molecule has 2 saturated heterocycles. The predicted octanol–water partition coefficient (Wildman–Crippen LogP) is 0.517. The third-order valence-electron chi connectivity index (χ3n) is 5.03. The minimum atomic E-state index is -0.852. The van der Waals surface area contributed by atoms with Gasteiger partial charge in [0, 0.05) is 6.04 Å². The molecule has 8 nitrogen and oxygen atoms in total. The Labute approximate surface area is 148 Å². The van der Waals surface area contributed by atoms with Crippen LogP contribution in [0.5, 0.6) is 0 Å². The fraction of sp³-hybridized carbons (Fsp3) is 0.824. The summed E-state index contributed by atoms with van der Waals surface area (Å²) < 4.78 is 5.50. The van der Waals surface area contributed by atoms with E-state index in [-0.39, 0.29) is 11.9 Å². The Bertz CT molecular complexity index is 557. The monoisotopic (exact) mass is 355 g/mol. The van der Waals surface area contributed by atoms with Gasteiger partial charge in [-0.1, -0.05) is 0 Å². The van der Waals surface area contributed by atoms with Gasteiger partial charge in [0.25, 0.3) is 0 Å². The standard InChI is InChI=1S/C17H29N3O5/c1-10(21)12(13(18)22)6-5-11-7-8-17(9-19-14(17)23)20(11)15(24)25-16(2,3)4/h10-12,21H,5-9H2,1-4H3,(H2,18,22)(H,19,23)/t10-,11?,12+,17?/m1/s1. The van der Waals surface area contributed by atoms with Crippen LogP contribution < -0.4 is 11.1 Å². The van der Waals surface area contributed by atoms with E-state index in [0.29, 0.717) is 32.2 Å². The van der Waals surface area contributed by atoms with E-state index in [1.807, 2.05) is 0 Å². The van der Waals surface area contributed by atoms with E-state index in [2.05, 4.69) is 5.32 Å². The normalized spacial score (nSPS) is 28.3. The third-order valence-corrected chi connectivity index (χ3v) is 5.03. The lowest BCUT2D eigenvalue weighted by Gasteiger charge is -2.46. The Kier molecular flexibility index (Phi) is 5.32. The number of aliphatic hydroxyl groups excluding tert-OH is 1. The van der Waals surface area contributed by atoms with Gasteiger partial charge in [-0.3, -0.25) is 14.5 Å². The van der Waals surface area contributed by atoms with Crippen LogP contribution >= 0.6 is 0 Å². The van der Waals surface area contributed by atoms with E-state index >= 15 is 0 Å². The molecule has 0 radical (unpaired) electrons. The highest BCUT2D eigenvalue weighted by molar-refractivity contribution is 5.96. The largest absolute Gasteiger partial charge is 0.444 e. The molecular weight excluding hydrogens is 326 g/mol. The number of carbonyl (C=O) groups excluding carboxylic acids is 3. The topological polar surface area (TPSA) is 122 Å². The van der Waals surface area contributed by atoms with Gasteiger partial charge in [-0.25, -0.2) is 4.79 Å². The molecule has 0 saturated carbocycles. The van der Waals surface area contributed by atoms with E-state index in [1.54, 1.807) is 20.8 Å². The molecule has 2 rings (SSSR count).